The Morgan fingerprint density at radius 2 is 2.18 bits per heavy atom. The van der Waals surface area contributed by atoms with Crippen LogP contribution in [-0.2, 0) is 6.54 Å². The Labute approximate surface area is 103 Å². The van der Waals surface area contributed by atoms with Crippen LogP contribution >= 0.6 is 0 Å². The summed E-state index contributed by atoms with van der Waals surface area (Å²) in [6.07, 6.45) is 4.53. The first-order valence-corrected chi connectivity index (χ1v) is 6.57. The minimum Gasteiger partial charge on any atom is -0.468 e. The van der Waals surface area contributed by atoms with Crippen LogP contribution in [0.15, 0.2) is 22.8 Å². The van der Waals surface area contributed by atoms with Gasteiger partial charge in [0.1, 0.15) is 5.76 Å². The zero-order chi connectivity index (χ0) is 11.9. The minimum atomic E-state index is 0.207. The number of rotatable bonds is 2. The van der Waals surface area contributed by atoms with Gasteiger partial charge >= 0.3 is 0 Å². The molecule has 0 aromatic carbocycles. The van der Waals surface area contributed by atoms with Crippen molar-refractivity contribution < 1.29 is 4.42 Å². The van der Waals surface area contributed by atoms with Crippen molar-refractivity contribution in [2.75, 3.05) is 19.6 Å². The summed E-state index contributed by atoms with van der Waals surface area (Å²) in [4.78, 5) is 2.55. The third kappa shape index (κ3) is 2.55. The summed E-state index contributed by atoms with van der Waals surface area (Å²) >= 11 is 0. The number of nitrogens with zero attached hydrogens (tertiary/aromatic N) is 1. The molecule has 1 spiro atoms. The average Bonchev–Trinajstić information content (AvgIpc) is 2.85. The quantitative estimate of drug-likeness (QED) is 0.850. The van der Waals surface area contributed by atoms with E-state index in [1.165, 1.54) is 25.9 Å². The molecular formula is C14H22N2O. The first-order chi connectivity index (χ1) is 8.07. The fourth-order valence-corrected chi connectivity index (χ4v) is 2.87. The molecule has 1 aliphatic heterocycles. The van der Waals surface area contributed by atoms with E-state index in [9.17, 15) is 0 Å². The highest BCUT2D eigenvalue weighted by Gasteiger charge is 2.47. The Bertz CT molecular complexity index is 371. The maximum atomic E-state index is 5.47. The summed E-state index contributed by atoms with van der Waals surface area (Å²) in [6.45, 7) is 9.02. The molecule has 2 heterocycles. The fraction of sp³-hybridized carbons (Fsp3) is 0.714. The second kappa shape index (κ2) is 3.85. The zero-order valence-corrected chi connectivity index (χ0v) is 10.8. The first-order valence-electron chi connectivity index (χ1n) is 6.57. The van der Waals surface area contributed by atoms with Gasteiger partial charge in [-0.1, -0.05) is 0 Å². The van der Waals surface area contributed by atoms with Gasteiger partial charge < -0.3 is 9.73 Å². The summed E-state index contributed by atoms with van der Waals surface area (Å²) in [7, 11) is 0. The largest absolute Gasteiger partial charge is 0.468 e. The maximum absolute atomic E-state index is 5.47. The molecular weight excluding hydrogens is 212 g/mol. The lowest BCUT2D eigenvalue weighted by Gasteiger charge is -2.29. The van der Waals surface area contributed by atoms with E-state index >= 15 is 0 Å². The van der Waals surface area contributed by atoms with Gasteiger partial charge in [0.25, 0.3) is 0 Å². The van der Waals surface area contributed by atoms with E-state index in [4.69, 9.17) is 4.42 Å². The molecule has 3 rings (SSSR count). The van der Waals surface area contributed by atoms with Gasteiger partial charge in [-0.05, 0) is 44.2 Å². The van der Waals surface area contributed by atoms with Crippen LogP contribution in [-0.4, -0.2) is 30.1 Å². The van der Waals surface area contributed by atoms with Crippen molar-refractivity contribution in [2.45, 2.75) is 38.8 Å². The van der Waals surface area contributed by atoms with Crippen molar-refractivity contribution in [3.05, 3.63) is 24.2 Å². The Kier molecular flexibility index (Phi) is 2.56. The normalized spacial score (nSPS) is 26.9. The Balaban J connectivity index is 1.72. The smallest absolute Gasteiger partial charge is 0.117 e. The van der Waals surface area contributed by atoms with Crippen molar-refractivity contribution >= 4 is 0 Å². The van der Waals surface area contributed by atoms with Crippen molar-refractivity contribution in [3.8, 4) is 0 Å². The summed E-state index contributed by atoms with van der Waals surface area (Å²) in [5.74, 6) is 1.08. The Morgan fingerprint density at radius 3 is 2.82 bits per heavy atom. The summed E-state index contributed by atoms with van der Waals surface area (Å²) < 4.78 is 5.47. The highest BCUT2D eigenvalue weighted by atomic mass is 16.3. The van der Waals surface area contributed by atoms with Crippen LogP contribution in [0.5, 0.6) is 0 Å². The van der Waals surface area contributed by atoms with Gasteiger partial charge in [0.2, 0.25) is 0 Å². The topological polar surface area (TPSA) is 28.4 Å². The van der Waals surface area contributed by atoms with E-state index in [1.54, 1.807) is 6.26 Å². The van der Waals surface area contributed by atoms with Crippen LogP contribution in [0.3, 0.4) is 0 Å². The molecule has 0 atom stereocenters. The highest BCUT2D eigenvalue weighted by Crippen LogP contribution is 2.47. The SMILES string of the molecule is CC1(C)CN(Cc2ccco2)CC2(CC2)CN1. The molecule has 1 aromatic heterocycles. The lowest BCUT2D eigenvalue weighted by molar-refractivity contribution is 0.192. The second-order valence-corrected chi connectivity index (χ2v) is 6.46. The molecule has 2 aliphatic rings. The fourth-order valence-electron chi connectivity index (χ4n) is 2.87. The summed E-state index contributed by atoms with van der Waals surface area (Å²) in [5.41, 5.74) is 0.763. The molecule has 94 valence electrons. The monoisotopic (exact) mass is 234 g/mol. The van der Waals surface area contributed by atoms with Gasteiger partial charge in [-0.25, -0.2) is 0 Å². The molecule has 0 bridgehead atoms. The Hall–Kier alpha value is -0.800. The Morgan fingerprint density at radius 1 is 1.35 bits per heavy atom. The third-order valence-corrected chi connectivity index (χ3v) is 4.04. The second-order valence-electron chi connectivity index (χ2n) is 6.46. The average molecular weight is 234 g/mol. The lowest BCUT2D eigenvalue weighted by atomic mass is 10.1. The molecule has 1 N–H and O–H groups in total. The first kappa shape index (κ1) is 11.3. The number of furan rings is 1. The van der Waals surface area contributed by atoms with E-state index in [1.807, 2.05) is 6.07 Å². The predicted octanol–water partition coefficient (Wildman–Crippen LogP) is 2.24. The molecule has 0 amide bonds. The van der Waals surface area contributed by atoms with Crippen LogP contribution in [0.4, 0.5) is 0 Å². The van der Waals surface area contributed by atoms with Crippen LogP contribution in [0.25, 0.3) is 0 Å². The van der Waals surface area contributed by atoms with Gasteiger partial charge in [0.05, 0.1) is 12.8 Å². The van der Waals surface area contributed by atoms with Gasteiger partial charge in [-0.2, -0.15) is 0 Å². The van der Waals surface area contributed by atoms with E-state index < -0.39 is 0 Å². The van der Waals surface area contributed by atoms with Gasteiger partial charge in [0.15, 0.2) is 0 Å². The molecule has 2 fully saturated rings. The predicted molar refractivity (Wildman–Crippen MR) is 67.7 cm³/mol. The van der Waals surface area contributed by atoms with Crippen molar-refractivity contribution in [2.24, 2.45) is 5.41 Å². The highest BCUT2D eigenvalue weighted by molar-refractivity contribution is 5.05. The molecule has 1 aliphatic carbocycles. The lowest BCUT2D eigenvalue weighted by Crippen LogP contribution is -2.46. The van der Waals surface area contributed by atoms with E-state index in [2.05, 4.69) is 30.1 Å². The summed E-state index contributed by atoms with van der Waals surface area (Å²) in [6, 6.07) is 4.05. The molecule has 1 aromatic rings. The molecule has 1 saturated carbocycles. The minimum absolute atomic E-state index is 0.207. The number of nitrogens with one attached hydrogen (secondary N) is 1. The zero-order valence-electron chi connectivity index (χ0n) is 10.8. The molecule has 0 unspecified atom stereocenters. The van der Waals surface area contributed by atoms with Crippen LogP contribution in [0, 0.1) is 5.41 Å². The van der Waals surface area contributed by atoms with Gasteiger partial charge in [-0.3, -0.25) is 4.90 Å². The number of hydrogen-bond donors (Lipinski definition) is 1. The van der Waals surface area contributed by atoms with Crippen molar-refractivity contribution in [3.63, 3.8) is 0 Å². The van der Waals surface area contributed by atoms with Crippen LogP contribution < -0.4 is 5.32 Å². The van der Waals surface area contributed by atoms with Crippen LogP contribution in [0.2, 0.25) is 0 Å². The maximum Gasteiger partial charge on any atom is 0.117 e. The van der Waals surface area contributed by atoms with Crippen molar-refractivity contribution in [1.82, 2.24) is 10.2 Å². The molecule has 17 heavy (non-hydrogen) atoms. The third-order valence-electron chi connectivity index (χ3n) is 4.04. The van der Waals surface area contributed by atoms with E-state index in [0.29, 0.717) is 5.41 Å². The summed E-state index contributed by atoms with van der Waals surface area (Å²) in [5, 5.41) is 3.71. The van der Waals surface area contributed by atoms with Gasteiger partial charge in [0, 0.05) is 25.2 Å². The molecule has 3 heteroatoms. The number of hydrogen-bond acceptors (Lipinski definition) is 3. The van der Waals surface area contributed by atoms with Crippen LogP contribution in [0.1, 0.15) is 32.4 Å². The van der Waals surface area contributed by atoms with E-state index in [0.717, 1.165) is 18.8 Å². The molecule has 3 nitrogen and oxygen atoms in total. The molecule has 0 radical (unpaired) electrons. The van der Waals surface area contributed by atoms with E-state index in [-0.39, 0.29) is 5.54 Å². The molecule has 1 saturated heterocycles. The van der Waals surface area contributed by atoms with Gasteiger partial charge in [-0.15, -0.1) is 0 Å². The standard InChI is InChI=1S/C14H22N2O/c1-13(2)10-16(8-12-4-3-7-17-12)11-14(5-6-14)9-15-13/h3-4,7,15H,5-6,8-11H2,1-2H3. The van der Waals surface area contributed by atoms with Crippen molar-refractivity contribution in [1.29, 1.82) is 0 Å².